The summed E-state index contributed by atoms with van der Waals surface area (Å²) in [6.07, 6.45) is -4.57. The molecule has 7 heteroatoms. The van der Waals surface area contributed by atoms with Crippen molar-refractivity contribution in [2.75, 3.05) is 0 Å². The monoisotopic (exact) mass is 409 g/mol. The second-order valence-electron chi connectivity index (χ2n) is 5.54. The fourth-order valence-corrected chi connectivity index (χ4v) is 2.70. The third-order valence-electron chi connectivity index (χ3n) is 3.65. The van der Waals surface area contributed by atoms with E-state index in [0.717, 1.165) is 6.07 Å². The van der Waals surface area contributed by atoms with Gasteiger partial charge in [-0.05, 0) is 42.5 Å². The normalized spacial score (nSPS) is 12.1. The zero-order chi connectivity index (χ0) is 19.4. The Balaban J connectivity index is 2.13. The molecule has 0 amide bonds. The highest BCUT2D eigenvalue weighted by atomic mass is 35.5. The van der Waals surface area contributed by atoms with Crippen LogP contribution in [0.2, 0.25) is 10.0 Å². The van der Waals surface area contributed by atoms with E-state index in [1.165, 1.54) is 12.1 Å². The highest BCUT2D eigenvalue weighted by Crippen LogP contribution is 2.34. The van der Waals surface area contributed by atoms with Gasteiger partial charge in [-0.3, -0.25) is 0 Å². The van der Waals surface area contributed by atoms with E-state index in [1.807, 2.05) is 0 Å². The highest BCUT2D eigenvalue weighted by Gasteiger charge is 2.35. The predicted molar refractivity (Wildman–Crippen MR) is 101 cm³/mol. The van der Waals surface area contributed by atoms with Gasteiger partial charge in [0.15, 0.2) is 5.75 Å². The Morgan fingerprint density at radius 1 is 0.815 bits per heavy atom. The van der Waals surface area contributed by atoms with Crippen LogP contribution in [-0.4, -0.2) is 5.71 Å². The van der Waals surface area contributed by atoms with Crippen LogP contribution in [0.25, 0.3) is 0 Å². The smallest absolute Gasteiger partial charge is 0.356 e. The van der Waals surface area contributed by atoms with Gasteiger partial charge in [0.2, 0.25) is 0 Å². The summed E-state index contributed by atoms with van der Waals surface area (Å²) in [4.78, 5) is 5.36. The molecule has 0 heterocycles. The Bertz CT molecular complexity index is 955. The number of benzene rings is 3. The second kappa shape index (κ2) is 8.03. The quantitative estimate of drug-likeness (QED) is 0.341. The Hall–Kier alpha value is -2.50. The van der Waals surface area contributed by atoms with Crippen molar-refractivity contribution < 1.29 is 18.0 Å². The fourth-order valence-electron chi connectivity index (χ4n) is 2.41. The number of rotatable bonds is 4. The molecule has 27 heavy (non-hydrogen) atoms. The van der Waals surface area contributed by atoms with Crippen molar-refractivity contribution in [3.8, 4) is 5.75 Å². The summed E-state index contributed by atoms with van der Waals surface area (Å²) in [5.41, 5.74) is -0.552. The molecule has 0 bridgehead atoms. The average molecular weight is 410 g/mol. The van der Waals surface area contributed by atoms with Crippen molar-refractivity contribution in [3.05, 3.63) is 99.5 Å². The van der Waals surface area contributed by atoms with Crippen LogP contribution in [0.4, 0.5) is 13.2 Å². The number of hydrogen-bond donors (Lipinski definition) is 0. The molecule has 0 aliphatic heterocycles. The SMILES string of the molecule is FC(F)(F)c1ccc(Cl)cc1/C(=N/Oc1ccc(Cl)cc1)c1ccccc1. The second-order valence-corrected chi connectivity index (χ2v) is 6.41. The van der Waals surface area contributed by atoms with E-state index in [2.05, 4.69) is 5.16 Å². The molecule has 0 spiro atoms. The molecular formula is C20H12Cl2F3NO. The summed E-state index contributed by atoms with van der Waals surface area (Å²) in [6, 6.07) is 18.1. The minimum atomic E-state index is -4.57. The summed E-state index contributed by atoms with van der Waals surface area (Å²) in [6.45, 7) is 0. The number of nitrogens with zero attached hydrogens (tertiary/aromatic N) is 1. The fraction of sp³-hybridized carbons (Fsp3) is 0.0500. The molecule has 0 aromatic heterocycles. The minimum absolute atomic E-state index is 0.0142. The number of oxime groups is 1. The van der Waals surface area contributed by atoms with Gasteiger partial charge in [0, 0.05) is 21.2 Å². The Kier molecular flexibility index (Phi) is 5.73. The standard InChI is InChI=1S/C20H12Cl2F3NO/c21-14-6-9-16(10-7-14)27-26-19(13-4-2-1-3-5-13)17-12-15(22)8-11-18(17)20(23,24)25/h1-12H/b26-19+. The molecule has 0 aliphatic carbocycles. The van der Waals surface area contributed by atoms with Crippen molar-refractivity contribution in [2.45, 2.75) is 6.18 Å². The van der Waals surface area contributed by atoms with Gasteiger partial charge in [0.25, 0.3) is 0 Å². The summed E-state index contributed by atoms with van der Waals surface area (Å²) >= 11 is 11.8. The molecule has 0 N–H and O–H groups in total. The van der Waals surface area contributed by atoms with E-state index in [1.54, 1.807) is 54.6 Å². The van der Waals surface area contributed by atoms with Crippen LogP contribution in [-0.2, 0) is 6.18 Å². The molecule has 3 aromatic carbocycles. The van der Waals surface area contributed by atoms with Crippen LogP contribution < -0.4 is 4.84 Å². The van der Waals surface area contributed by atoms with Gasteiger partial charge < -0.3 is 4.84 Å². The van der Waals surface area contributed by atoms with Gasteiger partial charge in [-0.1, -0.05) is 58.7 Å². The molecular weight excluding hydrogens is 398 g/mol. The third-order valence-corrected chi connectivity index (χ3v) is 4.13. The van der Waals surface area contributed by atoms with E-state index in [9.17, 15) is 13.2 Å². The predicted octanol–water partition coefficient (Wildman–Crippen LogP) is 6.84. The number of halogens is 5. The van der Waals surface area contributed by atoms with Crippen molar-refractivity contribution in [3.63, 3.8) is 0 Å². The number of alkyl halides is 3. The summed E-state index contributed by atoms with van der Waals surface area (Å²) in [5.74, 6) is 0.336. The first-order valence-corrected chi connectivity index (χ1v) is 8.53. The van der Waals surface area contributed by atoms with Crippen LogP contribution in [0.3, 0.4) is 0 Å². The molecule has 0 aliphatic rings. The molecule has 0 saturated heterocycles. The van der Waals surface area contributed by atoms with Gasteiger partial charge in [-0.2, -0.15) is 13.2 Å². The zero-order valence-corrected chi connectivity index (χ0v) is 15.2. The van der Waals surface area contributed by atoms with E-state index in [4.69, 9.17) is 28.0 Å². The van der Waals surface area contributed by atoms with E-state index >= 15 is 0 Å². The average Bonchev–Trinajstić information content (AvgIpc) is 2.63. The molecule has 3 aromatic rings. The molecule has 0 saturated carbocycles. The molecule has 0 fully saturated rings. The van der Waals surface area contributed by atoms with Crippen molar-refractivity contribution in [1.29, 1.82) is 0 Å². The van der Waals surface area contributed by atoms with Crippen molar-refractivity contribution in [2.24, 2.45) is 5.16 Å². The third kappa shape index (κ3) is 4.81. The lowest BCUT2D eigenvalue weighted by atomic mass is 9.97. The Morgan fingerprint density at radius 2 is 1.44 bits per heavy atom. The maximum Gasteiger partial charge on any atom is 0.417 e. The molecule has 138 valence electrons. The lowest BCUT2D eigenvalue weighted by molar-refractivity contribution is -0.137. The van der Waals surface area contributed by atoms with Gasteiger partial charge in [-0.15, -0.1) is 0 Å². The van der Waals surface area contributed by atoms with Crippen molar-refractivity contribution >= 4 is 28.9 Å². The number of hydrogen-bond acceptors (Lipinski definition) is 2. The zero-order valence-electron chi connectivity index (χ0n) is 13.7. The van der Waals surface area contributed by atoms with Crippen molar-refractivity contribution in [1.82, 2.24) is 0 Å². The molecule has 2 nitrogen and oxygen atoms in total. The van der Waals surface area contributed by atoms with Gasteiger partial charge >= 0.3 is 6.18 Å². The van der Waals surface area contributed by atoms with Crippen LogP contribution in [0.15, 0.2) is 78.0 Å². The lowest BCUT2D eigenvalue weighted by Gasteiger charge is -2.15. The van der Waals surface area contributed by atoms with Gasteiger partial charge in [-0.25, -0.2) is 0 Å². The van der Waals surface area contributed by atoms with Gasteiger partial charge in [0.1, 0.15) is 5.71 Å². The van der Waals surface area contributed by atoms with E-state index < -0.39 is 11.7 Å². The maximum atomic E-state index is 13.5. The van der Waals surface area contributed by atoms with Crippen LogP contribution in [0.5, 0.6) is 5.75 Å². The molecule has 3 rings (SSSR count). The Labute approximate surface area is 163 Å². The molecule has 0 atom stereocenters. The lowest BCUT2D eigenvalue weighted by Crippen LogP contribution is -2.15. The first kappa shape index (κ1) is 19.3. The summed E-state index contributed by atoms with van der Waals surface area (Å²) in [7, 11) is 0. The topological polar surface area (TPSA) is 21.6 Å². The van der Waals surface area contributed by atoms with E-state index in [-0.39, 0.29) is 16.3 Å². The minimum Gasteiger partial charge on any atom is -0.356 e. The highest BCUT2D eigenvalue weighted by molar-refractivity contribution is 6.31. The first-order chi connectivity index (χ1) is 12.8. The van der Waals surface area contributed by atoms with Crippen LogP contribution in [0.1, 0.15) is 16.7 Å². The molecule has 0 unspecified atom stereocenters. The van der Waals surface area contributed by atoms with Crippen LogP contribution in [0, 0.1) is 0 Å². The summed E-state index contributed by atoms with van der Waals surface area (Å²) in [5, 5.41) is 4.66. The van der Waals surface area contributed by atoms with Crippen LogP contribution >= 0.6 is 23.2 Å². The maximum absolute atomic E-state index is 13.5. The molecule has 0 radical (unpaired) electrons. The first-order valence-electron chi connectivity index (χ1n) is 7.78. The van der Waals surface area contributed by atoms with Gasteiger partial charge in [0.05, 0.1) is 5.56 Å². The largest absolute Gasteiger partial charge is 0.417 e. The summed E-state index contributed by atoms with van der Waals surface area (Å²) < 4.78 is 40.5. The Morgan fingerprint density at radius 3 is 2.07 bits per heavy atom. The van der Waals surface area contributed by atoms with E-state index in [0.29, 0.717) is 16.3 Å².